The van der Waals surface area contributed by atoms with Crippen molar-refractivity contribution in [2.75, 3.05) is 0 Å². The number of hydrogen-bond donors (Lipinski definition) is 2. The van der Waals surface area contributed by atoms with E-state index in [-0.39, 0.29) is 16.9 Å². The molecule has 0 aliphatic heterocycles. The Morgan fingerprint density at radius 3 is 2.20 bits per heavy atom. The molecule has 0 heterocycles. The van der Waals surface area contributed by atoms with Crippen LogP contribution in [0.25, 0.3) is 0 Å². The highest BCUT2D eigenvalue weighted by atomic mass is 16.2. The van der Waals surface area contributed by atoms with E-state index in [2.05, 4.69) is 17.4 Å². The molecule has 3 N–H and O–H groups in total. The number of hydrogen-bond acceptors (Lipinski definition) is 2. The van der Waals surface area contributed by atoms with Crippen molar-refractivity contribution in [2.45, 2.75) is 59.0 Å². The Hall–Kier alpha value is -1.35. The third-order valence-electron chi connectivity index (χ3n) is 3.56. The van der Waals surface area contributed by atoms with Gasteiger partial charge in [0.25, 0.3) is 0 Å². The fourth-order valence-corrected chi connectivity index (χ4v) is 1.97. The number of rotatable bonds is 5. The van der Waals surface area contributed by atoms with E-state index in [1.54, 1.807) is 0 Å². The average molecular weight is 276 g/mol. The number of nitrogens with two attached hydrogens (primary N) is 1. The molecule has 1 aromatic rings. The van der Waals surface area contributed by atoms with Crippen LogP contribution in [0.15, 0.2) is 30.3 Å². The highest BCUT2D eigenvalue weighted by molar-refractivity contribution is 5.82. The molecule has 0 radical (unpaired) electrons. The zero-order chi connectivity index (χ0) is 15.4. The van der Waals surface area contributed by atoms with Crippen molar-refractivity contribution in [3.8, 4) is 0 Å². The Bertz CT molecular complexity index is 432. The maximum absolute atomic E-state index is 12.2. The van der Waals surface area contributed by atoms with Gasteiger partial charge >= 0.3 is 0 Å². The molecule has 0 bridgehead atoms. The summed E-state index contributed by atoms with van der Waals surface area (Å²) in [5, 5.41) is 3.07. The minimum absolute atomic E-state index is 0.0736. The number of carbonyl (C=O) groups is 1. The molecule has 1 amide bonds. The molecule has 1 aromatic carbocycles. The first kappa shape index (κ1) is 16.7. The van der Waals surface area contributed by atoms with Crippen LogP contribution in [0.2, 0.25) is 0 Å². The maximum Gasteiger partial charge on any atom is 0.237 e. The van der Waals surface area contributed by atoms with E-state index in [0.29, 0.717) is 0 Å². The lowest BCUT2D eigenvalue weighted by Crippen LogP contribution is -2.54. The predicted octanol–water partition coefficient (Wildman–Crippen LogP) is 2.89. The fourth-order valence-electron chi connectivity index (χ4n) is 1.97. The summed E-state index contributed by atoms with van der Waals surface area (Å²) in [5.41, 5.74) is 6.81. The molecule has 1 rings (SSSR count). The average Bonchev–Trinajstić information content (AvgIpc) is 2.35. The van der Waals surface area contributed by atoms with Crippen molar-refractivity contribution in [3.05, 3.63) is 35.9 Å². The van der Waals surface area contributed by atoms with Crippen molar-refractivity contribution in [3.63, 3.8) is 0 Å². The first-order chi connectivity index (χ1) is 9.12. The van der Waals surface area contributed by atoms with Crippen LogP contribution in [0.1, 0.15) is 46.6 Å². The van der Waals surface area contributed by atoms with E-state index in [0.717, 1.165) is 12.8 Å². The summed E-state index contributed by atoms with van der Waals surface area (Å²) in [5.74, 6) is -0.0736. The number of nitrogens with one attached hydrogen (secondary N) is 1. The van der Waals surface area contributed by atoms with Crippen LogP contribution in [-0.2, 0) is 11.2 Å². The van der Waals surface area contributed by atoms with Crippen molar-refractivity contribution < 1.29 is 4.79 Å². The van der Waals surface area contributed by atoms with Gasteiger partial charge in [-0.15, -0.1) is 0 Å². The van der Waals surface area contributed by atoms with Crippen molar-refractivity contribution in [1.29, 1.82) is 0 Å². The van der Waals surface area contributed by atoms with Gasteiger partial charge < -0.3 is 11.1 Å². The SMILES string of the molecule is CC(C)(CCc1ccccc1)NC(=O)[C@@H](N)C(C)(C)C. The van der Waals surface area contributed by atoms with Crippen LogP contribution in [0.3, 0.4) is 0 Å². The Kier molecular flexibility index (Phi) is 5.35. The molecular weight excluding hydrogens is 248 g/mol. The van der Waals surface area contributed by atoms with E-state index in [1.807, 2.05) is 52.8 Å². The number of amides is 1. The maximum atomic E-state index is 12.2. The summed E-state index contributed by atoms with van der Waals surface area (Å²) < 4.78 is 0. The fraction of sp³-hybridized carbons (Fsp3) is 0.588. The van der Waals surface area contributed by atoms with Crippen LogP contribution in [0, 0.1) is 5.41 Å². The zero-order valence-electron chi connectivity index (χ0n) is 13.4. The van der Waals surface area contributed by atoms with Gasteiger partial charge in [-0.2, -0.15) is 0 Å². The summed E-state index contributed by atoms with van der Waals surface area (Å²) in [6.45, 7) is 10.0. The van der Waals surface area contributed by atoms with Gasteiger partial charge in [-0.05, 0) is 37.7 Å². The highest BCUT2D eigenvalue weighted by Crippen LogP contribution is 2.19. The van der Waals surface area contributed by atoms with Crippen LogP contribution >= 0.6 is 0 Å². The Balaban J connectivity index is 2.55. The van der Waals surface area contributed by atoms with Gasteiger partial charge in [0.1, 0.15) is 0 Å². The summed E-state index contributed by atoms with van der Waals surface area (Å²) in [6.07, 6.45) is 1.83. The summed E-state index contributed by atoms with van der Waals surface area (Å²) in [7, 11) is 0. The van der Waals surface area contributed by atoms with Crippen LogP contribution in [0.4, 0.5) is 0 Å². The summed E-state index contributed by atoms with van der Waals surface area (Å²) in [6, 6.07) is 9.82. The number of benzene rings is 1. The molecule has 112 valence electrons. The quantitative estimate of drug-likeness (QED) is 0.869. The first-order valence-electron chi connectivity index (χ1n) is 7.23. The summed E-state index contributed by atoms with van der Waals surface area (Å²) in [4.78, 5) is 12.2. The van der Waals surface area contributed by atoms with Crippen molar-refractivity contribution in [2.24, 2.45) is 11.1 Å². The lowest BCUT2D eigenvalue weighted by molar-refractivity contribution is -0.126. The van der Waals surface area contributed by atoms with Crippen LogP contribution in [-0.4, -0.2) is 17.5 Å². The largest absolute Gasteiger partial charge is 0.350 e. The lowest BCUT2D eigenvalue weighted by atomic mass is 9.86. The number of aryl methyl sites for hydroxylation is 1. The Morgan fingerprint density at radius 2 is 1.70 bits per heavy atom. The van der Waals surface area contributed by atoms with E-state index in [4.69, 9.17) is 5.73 Å². The zero-order valence-corrected chi connectivity index (χ0v) is 13.4. The van der Waals surface area contributed by atoms with Crippen molar-refractivity contribution in [1.82, 2.24) is 5.32 Å². The third-order valence-corrected chi connectivity index (χ3v) is 3.56. The highest BCUT2D eigenvalue weighted by Gasteiger charge is 2.30. The molecule has 3 nitrogen and oxygen atoms in total. The molecule has 0 saturated heterocycles. The number of carbonyl (C=O) groups excluding carboxylic acids is 1. The Labute approximate surface area is 122 Å². The van der Waals surface area contributed by atoms with E-state index < -0.39 is 6.04 Å². The van der Waals surface area contributed by atoms with E-state index in [9.17, 15) is 4.79 Å². The molecule has 3 heteroatoms. The van der Waals surface area contributed by atoms with Gasteiger partial charge in [0.15, 0.2) is 0 Å². The van der Waals surface area contributed by atoms with Crippen LogP contribution < -0.4 is 11.1 Å². The van der Waals surface area contributed by atoms with Crippen molar-refractivity contribution >= 4 is 5.91 Å². The van der Waals surface area contributed by atoms with Crippen LogP contribution in [0.5, 0.6) is 0 Å². The second kappa shape index (κ2) is 6.40. The predicted molar refractivity (Wildman–Crippen MR) is 84.4 cm³/mol. The van der Waals surface area contributed by atoms with E-state index in [1.165, 1.54) is 5.56 Å². The van der Waals surface area contributed by atoms with Gasteiger partial charge in [-0.3, -0.25) is 4.79 Å². The van der Waals surface area contributed by atoms with Gasteiger partial charge in [-0.25, -0.2) is 0 Å². The van der Waals surface area contributed by atoms with Gasteiger partial charge in [0.2, 0.25) is 5.91 Å². The molecule has 0 spiro atoms. The normalized spacial score (nSPS) is 13.9. The minimum Gasteiger partial charge on any atom is -0.350 e. The van der Waals surface area contributed by atoms with Gasteiger partial charge in [-0.1, -0.05) is 51.1 Å². The minimum atomic E-state index is -0.487. The third kappa shape index (κ3) is 5.33. The smallest absolute Gasteiger partial charge is 0.237 e. The molecular formula is C17H28N2O. The molecule has 1 atom stereocenters. The second-order valence-electron chi connectivity index (χ2n) is 7.20. The molecule has 0 unspecified atom stereocenters. The summed E-state index contributed by atoms with van der Waals surface area (Å²) >= 11 is 0. The van der Waals surface area contributed by atoms with E-state index >= 15 is 0 Å². The lowest BCUT2D eigenvalue weighted by Gasteiger charge is -2.32. The molecule has 0 fully saturated rings. The molecule has 0 saturated carbocycles. The topological polar surface area (TPSA) is 55.1 Å². The molecule has 0 aromatic heterocycles. The monoisotopic (exact) mass is 276 g/mol. The molecule has 20 heavy (non-hydrogen) atoms. The van der Waals surface area contributed by atoms with Gasteiger partial charge in [0, 0.05) is 5.54 Å². The van der Waals surface area contributed by atoms with Gasteiger partial charge in [0.05, 0.1) is 6.04 Å². The molecule has 0 aliphatic carbocycles. The Morgan fingerprint density at radius 1 is 1.15 bits per heavy atom. The first-order valence-corrected chi connectivity index (χ1v) is 7.23. The second-order valence-corrected chi connectivity index (χ2v) is 7.20. The molecule has 0 aliphatic rings. The standard InChI is InChI=1S/C17H28N2O/c1-16(2,3)14(18)15(20)19-17(4,5)12-11-13-9-7-6-8-10-13/h6-10,14H,11-12,18H2,1-5H3,(H,19,20)/t14-/m1/s1.